The van der Waals surface area contributed by atoms with Crippen molar-refractivity contribution in [1.29, 1.82) is 0 Å². The lowest BCUT2D eigenvalue weighted by atomic mass is 9.40. The van der Waals surface area contributed by atoms with Gasteiger partial charge in [0.1, 0.15) is 0 Å². The number of aliphatic hydroxyl groups is 1. The lowest BCUT2D eigenvalue weighted by Crippen LogP contribution is -2.58. The number of hydrogen-bond acceptors (Lipinski definition) is 1. The van der Waals surface area contributed by atoms with Crippen LogP contribution in [-0.4, -0.2) is 11.7 Å². The van der Waals surface area contributed by atoms with Crippen LogP contribution in [0, 0.1) is 34.0 Å². The van der Waals surface area contributed by atoms with Gasteiger partial charge in [-0.25, -0.2) is 0 Å². The standard InChI is InChI=1S/C20H34O/c1-14-7-8-17-19(4,15(14)13-21)12-9-16-18(2,3)10-6-11-20(16,17)5/h7,15-17,21H,6,8-13H2,1-5H3/t15-,16+,17+,19+,20+/m1/s1. The Morgan fingerprint density at radius 2 is 1.76 bits per heavy atom. The average Bonchev–Trinajstić information content (AvgIpc) is 2.36. The smallest absolute Gasteiger partial charge is 0.0501 e. The van der Waals surface area contributed by atoms with Gasteiger partial charge in [0.2, 0.25) is 0 Å². The highest BCUT2D eigenvalue weighted by Gasteiger charge is 2.60. The first kappa shape index (κ1) is 15.6. The summed E-state index contributed by atoms with van der Waals surface area (Å²) in [4.78, 5) is 0. The van der Waals surface area contributed by atoms with E-state index in [0.717, 1.165) is 11.8 Å². The third-order valence-corrected chi connectivity index (χ3v) is 8.04. The zero-order chi connectivity index (χ0) is 15.5. The van der Waals surface area contributed by atoms with Crippen molar-refractivity contribution in [3.8, 4) is 0 Å². The predicted molar refractivity (Wildman–Crippen MR) is 89.0 cm³/mol. The Morgan fingerprint density at radius 1 is 1.05 bits per heavy atom. The van der Waals surface area contributed by atoms with Gasteiger partial charge in [-0.2, -0.15) is 0 Å². The molecule has 1 nitrogen and oxygen atoms in total. The maximum atomic E-state index is 10.0. The van der Waals surface area contributed by atoms with Gasteiger partial charge < -0.3 is 5.11 Å². The van der Waals surface area contributed by atoms with Crippen molar-refractivity contribution >= 4 is 0 Å². The van der Waals surface area contributed by atoms with Crippen LogP contribution in [0.5, 0.6) is 0 Å². The molecule has 0 aromatic carbocycles. The van der Waals surface area contributed by atoms with Crippen LogP contribution in [-0.2, 0) is 0 Å². The third-order valence-electron chi connectivity index (χ3n) is 8.04. The van der Waals surface area contributed by atoms with E-state index in [2.05, 4.69) is 40.7 Å². The molecule has 0 aromatic rings. The van der Waals surface area contributed by atoms with Crippen LogP contribution >= 0.6 is 0 Å². The highest BCUT2D eigenvalue weighted by atomic mass is 16.3. The fourth-order valence-corrected chi connectivity index (χ4v) is 6.96. The van der Waals surface area contributed by atoms with E-state index in [1.807, 2.05) is 0 Å². The molecule has 120 valence electrons. The Hall–Kier alpha value is -0.300. The first-order chi connectivity index (χ1) is 9.75. The number of hydrogen-bond donors (Lipinski definition) is 1. The molecule has 1 heteroatoms. The van der Waals surface area contributed by atoms with Gasteiger partial charge in [-0.05, 0) is 67.1 Å². The summed E-state index contributed by atoms with van der Waals surface area (Å²) in [6, 6.07) is 0. The molecule has 0 saturated heterocycles. The summed E-state index contributed by atoms with van der Waals surface area (Å²) < 4.78 is 0. The second kappa shape index (κ2) is 4.85. The molecule has 3 aliphatic rings. The molecule has 3 rings (SSSR count). The summed E-state index contributed by atoms with van der Waals surface area (Å²) in [5.41, 5.74) is 2.72. The number of rotatable bonds is 1. The quantitative estimate of drug-likeness (QED) is 0.659. The van der Waals surface area contributed by atoms with E-state index in [-0.39, 0.29) is 0 Å². The Labute approximate surface area is 131 Å². The van der Waals surface area contributed by atoms with Gasteiger partial charge >= 0.3 is 0 Å². The highest BCUT2D eigenvalue weighted by molar-refractivity contribution is 5.20. The van der Waals surface area contributed by atoms with E-state index < -0.39 is 0 Å². The van der Waals surface area contributed by atoms with E-state index in [1.165, 1.54) is 44.1 Å². The van der Waals surface area contributed by atoms with E-state index >= 15 is 0 Å². The topological polar surface area (TPSA) is 20.2 Å². The molecule has 21 heavy (non-hydrogen) atoms. The van der Waals surface area contributed by atoms with Crippen molar-refractivity contribution < 1.29 is 5.11 Å². The van der Waals surface area contributed by atoms with Gasteiger partial charge in [0, 0.05) is 5.92 Å². The molecule has 0 aliphatic heterocycles. The van der Waals surface area contributed by atoms with E-state index in [4.69, 9.17) is 0 Å². The van der Waals surface area contributed by atoms with Gasteiger partial charge in [-0.1, -0.05) is 45.8 Å². The Balaban J connectivity index is 2.03. The Bertz CT molecular complexity index is 449. The molecule has 5 atom stereocenters. The lowest BCUT2D eigenvalue weighted by molar-refractivity contribution is -0.149. The summed E-state index contributed by atoms with van der Waals surface area (Å²) in [5, 5.41) is 10.0. The molecule has 0 aromatic heterocycles. The van der Waals surface area contributed by atoms with Crippen LogP contribution in [0.3, 0.4) is 0 Å². The molecule has 3 aliphatic carbocycles. The minimum atomic E-state index is 0.312. The highest BCUT2D eigenvalue weighted by Crippen LogP contribution is 2.68. The predicted octanol–water partition coefficient (Wildman–Crippen LogP) is 5.19. The van der Waals surface area contributed by atoms with Gasteiger partial charge in [0.25, 0.3) is 0 Å². The molecule has 2 saturated carbocycles. The molecular weight excluding hydrogens is 256 g/mol. The maximum Gasteiger partial charge on any atom is 0.0501 e. The number of aliphatic hydroxyl groups excluding tert-OH is 1. The lowest BCUT2D eigenvalue weighted by Gasteiger charge is -2.65. The van der Waals surface area contributed by atoms with Gasteiger partial charge in [-0.15, -0.1) is 0 Å². The second-order valence-corrected chi connectivity index (χ2v) is 9.42. The summed E-state index contributed by atoms with van der Waals surface area (Å²) in [7, 11) is 0. The third kappa shape index (κ3) is 2.06. The molecule has 2 fully saturated rings. The first-order valence-corrected chi connectivity index (χ1v) is 9.03. The summed E-state index contributed by atoms with van der Waals surface area (Å²) >= 11 is 0. The second-order valence-electron chi connectivity index (χ2n) is 9.42. The largest absolute Gasteiger partial charge is 0.396 e. The molecule has 0 heterocycles. The van der Waals surface area contributed by atoms with Crippen LogP contribution in [0.2, 0.25) is 0 Å². The SMILES string of the molecule is CC1=CC[C@H]2[C@@](C)(CC[C@H]3C(C)(C)CCC[C@]23C)[C@@H]1CO. The first-order valence-electron chi connectivity index (χ1n) is 9.03. The van der Waals surface area contributed by atoms with Gasteiger partial charge in [-0.3, -0.25) is 0 Å². The molecule has 0 bridgehead atoms. The summed E-state index contributed by atoms with van der Waals surface area (Å²) in [6.45, 7) is 12.7. The van der Waals surface area contributed by atoms with Crippen molar-refractivity contribution in [2.75, 3.05) is 6.61 Å². The fourth-order valence-electron chi connectivity index (χ4n) is 6.96. The minimum absolute atomic E-state index is 0.312. The molecular formula is C20H34O. The van der Waals surface area contributed by atoms with E-state index in [9.17, 15) is 5.11 Å². The maximum absolute atomic E-state index is 10.0. The van der Waals surface area contributed by atoms with Crippen LogP contribution in [0.1, 0.15) is 73.1 Å². The van der Waals surface area contributed by atoms with Crippen LogP contribution in [0.15, 0.2) is 11.6 Å². The van der Waals surface area contributed by atoms with Crippen molar-refractivity contribution in [3.63, 3.8) is 0 Å². The van der Waals surface area contributed by atoms with E-state index in [1.54, 1.807) is 0 Å². The minimum Gasteiger partial charge on any atom is -0.396 e. The molecule has 1 N–H and O–H groups in total. The average molecular weight is 290 g/mol. The number of fused-ring (bicyclic) bond motifs is 3. The van der Waals surface area contributed by atoms with Crippen molar-refractivity contribution in [2.45, 2.75) is 73.1 Å². The van der Waals surface area contributed by atoms with E-state index in [0.29, 0.717) is 28.8 Å². The molecule has 0 amide bonds. The number of allylic oxidation sites excluding steroid dienone is 1. The fraction of sp³-hybridized carbons (Fsp3) is 0.900. The molecule has 0 unspecified atom stereocenters. The molecule has 0 radical (unpaired) electrons. The van der Waals surface area contributed by atoms with Crippen molar-refractivity contribution in [3.05, 3.63) is 11.6 Å². The van der Waals surface area contributed by atoms with Crippen molar-refractivity contribution in [2.24, 2.45) is 34.0 Å². The zero-order valence-corrected chi connectivity index (χ0v) is 14.7. The summed E-state index contributed by atoms with van der Waals surface area (Å²) in [6.07, 6.45) is 10.5. The zero-order valence-electron chi connectivity index (χ0n) is 14.7. The Kier molecular flexibility index (Phi) is 3.60. The molecule has 0 spiro atoms. The Morgan fingerprint density at radius 3 is 2.43 bits per heavy atom. The van der Waals surface area contributed by atoms with Crippen molar-refractivity contribution in [1.82, 2.24) is 0 Å². The van der Waals surface area contributed by atoms with Crippen LogP contribution < -0.4 is 0 Å². The summed E-state index contributed by atoms with van der Waals surface area (Å²) in [5.74, 6) is 2.01. The van der Waals surface area contributed by atoms with Crippen LogP contribution in [0.25, 0.3) is 0 Å². The van der Waals surface area contributed by atoms with Gasteiger partial charge in [0.15, 0.2) is 0 Å². The monoisotopic (exact) mass is 290 g/mol. The normalized spacial score (nSPS) is 49.0. The van der Waals surface area contributed by atoms with Crippen LogP contribution in [0.4, 0.5) is 0 Å². The van der Waals surface area contributed by atoms with Gasteiger partial charge in [0.05, 0.1) is 6.61 Å².